The fourth-order valence-corrected chi connectivity index (χ4v) is 4.90. The van der Waals surface area contributed by atoms with Crippen LogP contribution in [0.3, 0.4) is 0 Å². The summed E-state index contributed by atoms with van der Waals surface area (Å²) in [5.41, 5.74) is 0.381. The second-order valence-corrected chi connectivity index (χ2v) is 9.94. The number of carbonyl (C=O) groups is 1. The lowest BCUT2D eigenvalue weighted by atomic mass is 9.79. The van der Waals surface area contributed by atoms with Gasteiger partial charge in [0.1, 0.15) is 5.75 Å². The van der Waals surface area contributed by atoms with Crippen LogP contribution in [-0.4, -0.2) is 63.9 Å². The number of pyridine rings is 1. The number of anilines is 1. The summed E-state index contributed by atoms with van der Waals surface area (Å²) >= 11 is 0. The summed E-state index contributed by atoms with van der Waals surface area (Å²) in [5, 5.41) is 15.5. The molecule has 0 saturated carbocycles. The van der Waals surface area contributed by atoms with Crippen LogP contribution >= 0.6 is 0 Å². The van der Waals surface area contributed by atoms with Gasteiger partial charge in [0.2, 0.25) is 0 Å². The molecule has 4 heterocycles. The predicted molar refractivity (Wildman–Crippen MR) is 136 cm³/mol. The SMILES string of the molecule is CCC(C)c1noc(N2CCC3(CC2)Oc2ccc(-c4ccc(C(=O)NCCO)cn4)cc2CC3(F)F)n1. The molecule has 1 saturated heterocycles. The molecule has 3 aromatic rings. The van der Waals surface area contributed by atoms with Crippen molar-refractivity contribution >= 4 is 11.9 Å². The number of aromatic nitrogens is 3. The van der Waals surface area contributed by atoms with Gasteiger partial charge >= 0.3 is 6.01 Å². The van der Waals surface area contributed by atoms with E-state index in [9.17, 15) is 4.79 Å². The van der Waals surface area contributed by atoms with Crippen molar-refractivity contribution in [1.82, 2.24) is 20.4 Å². The van der Waals surface area contributed by atoms with Crippen LogP contribution in [0.15, 0.2) is 41.1 Å². The molecule has 2 aromatic heterocycles. The van der Waals surface area contributed by atoms with Gasteiger partial charge < -0.3 is 24.6 Å². The van der Waals surface area contributed by atoms with E-state index < -0.39 is 17.9 Å². The molecule has 5 rings (SSSR count). The average molecular weight is 528 g/mol. The topological polar surface area (TPSA) is 114 Å². The minimum Gasteiger partial charge on any atom is -0.481 e. The first-order chi connectivity index (χ1) is 18.2. The average Bonchev–Trinajstić information content (AvgIpc) is 3.42. The summed E-state index contributed by atoms with van der Waals surface area (Å²) in [4.78, 5) is 22.7. The summed E-state index contributed by atoms with van der Waals surface area (Å²) in [7, 11) is 0. The number of nitrogens with one attached hydrogen (secondary N) is 1. The molecule has 1 unspecified atom stereocenters. The molecule has 1 atom stereocenters. The lowest BCUT2D eigenvalue weighted by molar-refractivity contribution is -0.185. The van der Waals surface area contributed by atoms with Gasteiger partial charge in [-0.05, 0) is 36.8 Å². The summed E-state index contributed by atoms with van der Waals surface area (Å²) in [5.74, 6) is -2.17. The monoisotopic (exact) mass is 527 g/mol. The molecule has 1 fully saturated rings. The van der Waals surface area contributed by atoms with Gasteiger partial charge in [0.05, 0.1) is 17.9 Å². The minimum atomic E-state index is -3.07. The van der Waals surface area contributed by atoms with Gasteiger partial charge in [0.25, 0.3) is 11.8 Å². The Morgan fingerprint density at radius 3 is 2.71 bits per heavy atom. The largest absolute Gasteiger partial charge is 0.481 e. The van der Waals surface area contributed by atoms with Crippen molar-refractivity contribution < 1.29 is 27.9 Å². The van der Waals surface area contributed by atoms with Crippen LogP contribution in [0, 0.1) is 0 Å². The predicted octanol–water partition coefficient (Wildman–Crippen LogP) is 3.98. The Kier molecular flexibility index (Phi) is 7.04. The first-order valence-electron chi connectivity index (χ1n) is 12.9. The Balaban J connectivity index is 1.30. The quantitative estimate of drug-likeness (QED) is 0.475. The third kappa shape index (κ3) is 4.82. The molecule has 202 valence electrons. The number of piperidine rings is 1. The van der Waals surface area contributed by atoms with E-state index in [-0.39, 0.29) is 37.8 Å². The van der Waals surface area contributed by atoms with Crippen LogP contribution in [0.5, 0.6) is 5.75 Å². The van der Waals surface area contributed by atoms with E-state index >= 15 is 8.78 Å². The second-order valence-electron chi connectivity index (χ2n) is 9.94. The Morgan fingerprint density at radius 2 is 2.03 bits per heavy atom. The van der Waals surface area contributed by atoms with E-state index in [2.05, 4.69) is 20.4 Å². The number of benzene rings is 1. The molecule has 1 amide bonds. The van der Waals surface area contributed by atoms with E-state index in [0.29, 0.717) is 53.1 Å². The fraction of sp³-hybridized carbons (Fsp3) is 0.481. The van der Waals surface area contributed by atoms with Gasteiger partial charge in [0, 0.05) is 62.1 Å². The molecule has 1 spiro atoms. The molecular formula is C27H31F2N5O4. The Morgan fingerprint density at radius 1 is 1.24 bits per heavy atom. The van der Waals surface area contributed by atoms with Gasteiger partial charge in [0.15, 0.2) is 11.4 Å². The van der Waals surface area contributed by atoms with Crippen molar-refractivity contribution in [2.45, 2.75) is 57.0 Å². The molecule has 38 heavy (non-hydrogen) atoms. The van der Waals surface area contributed by atoms with Gasteiger partial charge in [-0.15, -0.1) is 0 Å². The van der Waals surface area contributed by atoms with Crippen LogP contribution in [0.1, 0.15) is 60.8 Å². The lowest BCUT2D eigenvalue weighted by Gasteiger charge is -2.48. The number of carbonyl (C=O) groups excluding carboxylic acids is 1. The molecule has 2 aliphatic heterocycles. The third-order valence-electron chi connectivity index (χ3n) is 7.49. The number of alkyl halides is 2. The maximum absolute atomic E-state index is 15.6. The van der Waals surface area contributed by atoms with E-state index in [0.717, 1.165) is 6.42 Å². The number of aliphatic hydroxyl groups excluding tert-OH is 1. The van der Waals surface area contributed by atoms with Crippen molar-refractivity contribution in [2.75, 3.05) is 31.1 Å². The van der Waals surface area contributed by atoms with E-state index in [1.807, 2.05) is 18.7 Å². The number of hydrogen-bond donors (Lipinski definition) is 2. The number of fused-ring (bicyclic) bond motifs is 1. The number of rotatable bonds is 7. The van der Waals surface area contributed by atoms with Crippen molar-refractivity contribution in [1.29, 1.82) is 0 Å². The Bertz CT molecular complexity index is 1290. The number of nitrogens with zero attached hydrogens (tertiary/aromatic N) is 4. The van der Waals surface area contributed by atoms with E-state index in [1.165, 1.54) is 6.20 Å². The highest BCUT2D eigenvalue weighted by Crippen LogP contribution is 2.49. The molecule has 1 aromatic carbocycles. The normalized spacial score (nSPS) is 18.5. The molecule has 11 heteroatoms. The molecule has 2 N–H and O–H groups in total. The Hall–Kier alpha value is -3.60. The third-order valence-corrected chi connectivity index (χ3v) is 7.49. The molecule has 2 aliphatic rings. The van der Waals surface area contributed by atoms with Crippen LogP contribution in [0.25, 0.3) is 11.3 Å². The Labute approximate surface area is 219 Å². The summed E-state index contributed by atoms with van der Waals surface area (Å²) in [6.45, 7) is 4.71. The van der Waals surface area contributed by atoms with Gasteiger partial charge in [-0.25, -0.2) is 8.78 Å². The van der Waals surface area contributed by atoms with Crippen molar-refractivity contribution in [2.24, 2.45) is 0 Å². The first-order valence-corrected chi connectivity index (χ1v) is 12.9. The van der Waals surface area contributed by atoms with E-state index in [1.54, 1.807) is 30.3 Å². The van der Waals surface area contributed by atoms with Crippen LogP contribution in [-0.2, 0) is 6.42 Å². The molecule has 0 aliphatic carbocycles. The maximum Gasteiger partial charge on any atom is 0.324 e. The maximum atomic E-state index is 15.6. The minimum absolute atomic E-state index is 0.129. The van der Waals surface area contributed by atoms with Gasteiger partial charge in [-0.3, -0.25) is 9.78 Å². The molecule has 0 radical (unpaired) electrons. The van der Waals surface area contributed by atoms with Crippen LogP contribution in [0.4, 0.5) is 14.8 Å². The van der Waals surface area contributed by atoms with Gasteiger partial charge in [-0.1, -0.05) is 19.0 Å². The molecule has 0 bridgehead atoms. The molecular weight excluding hydrogens is 496 g/mol. The zero-order valence-electron chi connectivity index (χ0n) is 21.4. The summed E-state index contributed by atoms with van der Waals surface area (Å²) < 4.78 is 42.7. The van der Waals surface area contributed by atoms with Crippen molar-refractivity contribution in [3.8, 4) is 17.0 Å². The first kappa shape index (κ1) is 26.0. The number of ether oxygens (including phenoxy) is 1. The summed E-state index contributed by atoms with van der Waals surface area (Å²) in [6, 6.07) is 8.82. The van der Waals surface area contributed by atoms with Crippen molar-refractivity contribution in [3.63, 3.8) is 0 Å². The smallest absolute Gasteiger partial charge is 0.324 e. The summed E-state index contributed by atoms with van der Waals surface area (Å²) in [6.07, 6.45) is 2.13. The highest BCUT2D eigenvalue weighted by Gasteiger charge is 2.59. The standard InChI is InChI=1S/C27H31F2N5O4/c1-3-17(2)23-32-25(38-33-23)34-11-8-26(9-12-34)27(28,29)15-20-14-18(5-7-22(20)37-26)21-6-4-19(16-31-21)24(36)30-10-13-35/h4-7,14,16-17,35H,3,8-13,15H2,1-2H3,(H,30,36). The van der Waals surface area contributed by atoms with Crippen LogP contribution in [0.2, 0.25) is 0 Å². The van der Waals surface area contributed by atoms with Gasteiger partial charge in [-0.2, -0.15) is 4.98 Å². The van der Waals surface area contributed by atoms with Crippen LogP contribution < -0.4 is 15.0 Å². The number of aliphatic hydroxyl groups is 1. The fourth-order valence-electron chi connectivity index (χ4n) is 4.90. The molecule has 9 nitrogen and oxygen atoms in total. The van der Waals surface area contributed by atoms with Crippen molar-refractivity contribution in [3.05, 3.63) is 53.5 Å². The zero-order valence-corrected chi connectivity index (χ0v) is 21.4. The number of hydrogen-bond acceptors (Lipinski definition) is 8. The second kappa shape index (κ2) is 10.3. The highest BCUT2D eigenvalue weighted by atomic mass is 19.3. The van der Waals surface area contributed by atoms with E-state index in [4.69, 9.17) is 14.4 Å². The number of halogens is 2. The zero-order chi connectivity index (χ0) is 26.9. The number of amides is 1. The lowest BCUT2D eigenvalue weighted by Crippen LogP contribution is -2.61. The highest BCUT2D eigenvalue weighted by molar-refractivity contribution is 5.94.